The molecule has 1 saturated carbocycles. The molecule has 2 N–H and O–H groups in total. The molecule has 1 spiro atoms. The van der Waals surface area contributed by atoms with Gasteiger partial charge in [-0.3, -0.25) is 15.0 Å². The quantitative estimate of drug-likeness (QED) is 0.734. The lowest BCUT2D eigenvalue weighted by Crippen LogP contribution is -2.53. The fourth-order valence-electron chi connectivity index (χ4n) is 3.28. The maximum Gasteiger partial charge on any atom is 0.344 e. The topological polar surface area (TPSA) is 87.7 Å². The van der Waals surface area contributed by atoms with Gasteiger partial charge in [0.1, 0.15) is 11.6 Å². The number of ether oxygens (including phenoxy) is 1. The number of carbonyl (C=O) groups is 3. The molecule has 3 aliphatic rings. The van der Waals surface area contributed by atoms with Crippen LogP contribution >= 0.6 is 0 Å². The van der Waals surface area contributed by atoms with E-state index in [0.717, 1.165) is 24.3 Å². The summed E-state index contributed by atoms with van der Waals surface area (Å²) in [4.78, 5) is 36.6. The van der Waals surface area contributed by atoms with Gasteiger partial charge in [-0.1, -0.05) is 6.92 Å². The van der Waals surface area contributed by atoms with E-state index in [1.165, 1.54) is 0 Å². The number of imide groups is 1. The zero-order valence-corrected chi connectivity index (χ0v) is 12.2. The van der Waals surface area contributed by atoms with Gasteiger partial charge in [0, 0.05) is 6.61 Å². The van der Waals surface area contributed by atoms with E-state index in [2.05, 4.69) is 17.7 Å². The molecule has 3 fully saturated rings. The molecule has 0 bridgehead atoms. The van der Waals surface area contributed by atoms with Gasteiger partial charge >= 0.3 is 6.03 Å². The van der Waals surface area contributed by atoms with Crippen LogP contribution in [0, 0.1) is 5.92 Å². The highest BCUT2D eigenvalue weighted by Crippen LogP contribution is 2.35. The summed E-state index contributed by atoms with van der Waals surface area (Å²) in [6.07, 6.45) is 3.95. The first-order valence-corrected chi connectivity index (χ1v) is 7.61. The Balaban J connectivity index is 1.67. The molecule has 0 aromatic carbocycles. The van der Waals surface area contributed by atoms with E-state index in [4.69, 9.17) is 4.74 Å². The molecule has 7 heteroatoms. The maximum atomic E-state index is 12.5. The largest absolute Gasteiger partial charge is 0.368 e. The van der Waals surface area contributed by atoms with Gasteiger partial charge in [-0.15, -0.1) is 0 Å². The predicted molar refractivity (Wildman–Crippen MR) is 72.9 cm³/mol. The highest BCUT2D eigenvalue weighted by atomic mass is 16.5. The lowest BCUT2D eigenvalue weighted by molar-refractivity contribution is -0.143. The molecule has 0 radical (unpaired) electrons. The standard InChI is InChI=1S/C14H21N3O4/c1-9-4-6-14(7-5-9)12(19)17(13(20)15-14)16-11(18)10-3-2-8-21-10/h9-10H,2-8H2,1H3,(H,15,20)(H,16,18)/t9?,10-,14?/m0/s1. The fraction of sp³-hybridized carbons (Fsp3) is 0.786. The molecule has 2 aliphatic heterocycles. The average molecular weight is 295 g/mol. The van der Waals surface area contributed by atoms with Crippen molar-refractivity contribution < 1.29 is 19.1 Å². The van der Waals surface area contributed by atoms with Crippen molar-refractivity contribution in [3.05, 3.63) is 0 Å². The zero-order chi connectivity index (χ0) is 15.0. The molecule has 2 heterocycles. The van der Waals surface area contributed by atoms with Crippen LogP contribution in [0.25, 0.3) is 0 Å². The molecule has 3 rings (SSSR count). The van der Waals surface area contributed by atoms with Crippen LogP contribution in [-0.2, 0) is 14.3 Å². The monoisotopic (exact) mass is 295 g/mol. The molecule has 7 nitrogen and oxygen atoms in total. The van der Waals surface area contributed by atoms with Crippen molar-refractivity contribution in [2.45, 2.75) is 57.1 Å². The summed E-state index contributed by atoms with van der Waals surface area (Å²) in [6, 6.07) is -0.541. The van der Waals surface area contributed by atoms with Crippen molar-refractivity contribution in [2.75, 3.05) is 6.61 Å². The second-order valence-electron chi connectivity index (χ2n) is 6.31. The first-order chi connectivity index (χ1) is 10.0. The molecule has 1 atom stereocenters. The van der Waals surface area contributed by atoms with Crippen LogP contribution in [-0.4, -0.2) is 41.1 Å². The molecule has 116 valence electrons. The van der Waals surface area contributed by atoms with Crippen molar-refractivity contribution in [1.29, 1.82) is 0 Å². The van der Waals surface area contributed by atoms with Gasteiger partial charge < -0.3 is 10.1 Å². The summed E-state index contributed by atoms with van der Waals surface area (Å²) in [7, 11) is 0. The van der Waals surface area contributed by atoms with Gasteiger partial charge in [-0.2, -0.15) is 5.01 Å². The molecular weight excluding hydrogens is 274 g/mol. The van der Waals surface area contributed by atoms with Crippen molar-refractivity contribution in [3.8, 4) is 0 Å². The Kier molecular flexibility index (Phi) is 3.61. The van der Waals surface area contributed by atoms with Gasteiger partial charge in [0.05, 0.1) is 0 Å². The normalized spacial score (nSPS) is 36.1. The first kappa shape index (κ1) is 14.3. The van der Waals surface area contributed by atoms with Gasteiger partial charge in [0.2, 0.25) is 0 Å². The summed E-state index contributed by atoms with van der Waals surface area (Å²) in [5.74, 6) is -0.196. The molecule has 1 aliphatic carbocycles. The number of hydrogen-bond donors (Lipinski definition) is 2. The smallest absolute Gasteiger partial charge is 0.344 e. The fourth-order valence-corrected chi connectivity index (χ4v) is 3.28. The lowest BCUT2D eigenvalue weighted by atomic mass is 9.77. The number of hydrazine groups is 1. The number of hydrogen-bond acceptors (Lipinski definition) is 4. The molecular formula is C14H21N3O4. The minimum Gasteiger partial charge on any atom is -0.368 e. The van der Waals surface area contributed by atoms with Crippen LogP contribution in [0.5, 0.6) is 0 Å². The number of nitrogens with one attached hydrogen (secondary N) is 2. The Morgan fingerprint density at radius 3 is 2.67 bits per heavy atom. The van der Waals surface area contributed by atoms with Gasteiger partial charge in [0.15, 0.2) is 0 Å². The second-order valence-corrected chi connectivity index (χ2v) is 6.31. The molecule has 0 aromatic heterocycles. The molecule has 4 amide bonds. The highest BCUT2D eigenvalue weighted by Gasteiger charge is 2.53. The molecule has 21 heavy (non-hydrogen) atoms. The second kappa shape index (κ2) is 5.29. The van der Waals surface area contributed by atoms with E-state index < -0.39 is 23.6 Å². The Labute approximate surface area is 123 Å². The van der Waals surface area contributed by atoms with Gasteiger partial charge in [-0.25, -0.2) is 4.79 Å². The first-order valence-electron chi connectivity index (χ1n) is 7.61. The van der Waals surface area contributed by atoms with Crippen LogP contribution in [0.3, 0.4) is 0 Å². The Morgan fingerprint density at radius 2 is 2.05 bits per heavy atom. The predicted octanol–water partition coefficient (Wildman–Crippen LogP) is 0.697. The van der Waals surface area contributed by atoms with E-state index in [9.17, 15) is 14.4 Å². The van der Waals surface area contributed by atoms with Crippen LogP contribution in [0.1, 0.15) is 45.4 Å². The maximum absolute atomic E-state index is 12.5. The Hall–Kier alpha value is -1.63. The average Bonchev–Trinajstić information content (AvgIpc) is 3.06. The van der Waals surface area contributed by atoms with E-state index in [1.807, 2.05) is 0 Å². The summed E-state index contributed by atoms with van der Waals surface area (Å²) in [5, 5.41) is 3.60. The third-order valence-corrected chi connectivity index (χ3v) is 4.73. The third kappa shape index (κ3) is 2.50. The Bertz CT molecular complexity index is 465. The SMILES string of the molecule is CC1CCC2(CC1)NC(=O)N(NC(=O)[C@@H]1CCCO1)C2=O. The van der Waals surface area contributed by atoms with Gasteiger partial charge in [-0.05, 0) is 44.4 Å². The number of carbonyl (C=O) groups excluding carboxylic acids is 3. The van der Waals surface area contributed by atoms with E-state index in [-0.39, 0.29) is 5.91 Å². The lowest BCUT2D eigenvalue weighted by Gasteiger charge is -2.33. The van der Waals surface area contributed by atoms with E-state index >= 15 is 0 Å². The molecule has 0 aromatic rings. The van der Waals surface area contributed by atoms with Crippen molar-refractivity contribution >= 4 is 17.8 Å². The number of urea groups is 1. The summed E-state index contributed by atoms with van der Waals surface area (Å²) < 4.78 is 5.26. The summed E-state index contributed by atoms with van der Waals surface area (Å²) in [5.41, 5.74) is 1.58. The number of rotatable bonds is 2. The van der Waals surface area contributed by atoms with Gasteiger partial charge in [0.25, 0.3) is 11.8 Å². The zero-order valence-electron chi connectivity index (χ0n) is 12.2. The molecule has 0 unspecified atom stereocenters. The third-order valence-electron chi connectivity index (χ3n) is 4.73. The van der Waals surface area contributed by atoms with Crippen molar-refractivity contribution in [3.63, 3.8) is 0 Å². The van der Waals surface area contributed by atoms with Crippen LogP contribution in [0.2, 0.25) is 0 Å². The summed E-state index contributed by atoms with van der Waals surface area (Å²) >= 11 is 0. The van der Waals surface area contributed by atoms with Crippen molar-refractivity contribution in [1.82, 2.24) is 15.8 Å². The number of amides is 4. The summed E-state index contributed by atoms with van der Waals surface area (Å²) in [6.45, 7) is 2.69. The van der Waals surface area contributed by atoms with E-state index in [1.54, 1.807) is 0 Å². The minimum atomic E-state index is -0.826. The van der Waals surface area contributed by atoms with E-state index in [0.29, 0.717) is 31.8 Å². The van der Waals surface area contributed by atoms with Crippen LogP contribution in [0.15, 0.2) is 0 Å². The minimum absolute atomic E-state index is 0.342. The highest BCUT2D eigenvalue weighted by molar-refractivity contribution is 6.08. The van der Waals surface area contributed by atoms with Crippen molar-refractivity contribution in [2.24, 2.45) is 5.92 Å². The Morgan fingerprint density at radius 1 is 1.33 bits per heavy atom. The number of nitrogens with zero attached hydrogens (tertiary/aromatic N) is 1. The van der Waals surface area contributed by atoms with Crippen LogP contribution < -0.4 is 10.7 Å². The van der Waals surface area contributed by atoms with Crippen LogP contribution in [0.4, 0.5) is 4.79 Å². The molecule has 2 saturated heterocycles.